The number of benzene rings is 1. The van der Waals surface area contributed by atoms with Crippen molar-refractivity contribution in [3.8, 4) is 5.75 Å². The second-order valence-electron chi connectivity index (χ2n) is 4.00. The van der Waals surface area contributed by atoms with Crippen LogP contribution in [0.25, 0.3) is 0 Å². The molecule has 6 nitrogen and oxygen atoms in total. The summed E-state index contributed by atoms with van der Waals surface area (Å²) in [4.78, 5) is 22.9. The molecule has 0 bridgehead atoms. The molecule has 0 saturated carbocycles. The third kappa shape index (κ3) is 4.97. The lowest BCUT2D eigenvalue weighted by atomic mass is 10.2. The zero-order valence-electron chi connectivity index (χ0n) is 12.0. The molecule has 6 heteroatoms. The molecule has 110 valence electrons. The first kappa shape index (κ1) is 16.1. The van der Waals surface area contributed by atoms with Gasteiger partial charge in [-0.05, 0) is 24.3 Å². The molecular weight excluding hydrogens is 258 g/mol. The molecule has 1 saturated heterocycles. The minimum absolute atomic E-state index is 0.309. The van der Waals surface area contributed by atoms with E-state index in [1.807, 2.05) is 26.0 Å². The number of rotatable bonds is 4. The summed E-state index contributed by atoms with van der Waals surface area (Å²) < 4.78 is 5.13. The molecule has 0 atom stereocenters. The smallest absolute Gasteiger partial charge is 0.323 e. The Labute approximate surface area is 119 Å². The zero-order valence-corrected chi connectivity index (χ0v) is 12.0. The predicted octanol–water partition coefficient (Wildman–Crippen LogP) is 1.79. The average Bonchev–Trinajstić information content (AvgIpc) is 2.56. The average molecular weight is 279 g/mol. The van der Waals surface area contributed by atoms with E-state index in [-0.39, 0.29) is 6.61 Å². The number of anilines is 1. The van der Waals surface area contributed by atoms with E-state index in [9.17, 15) is 9.70 Å². The molecule has 1 aromatic carbocycles. The van der Waals surface area contributed by atoms with Gasteiger partial charge in [-0.3, -0.25) is 4.79 Å². The van der Waals surface area contributed by atoms with Crippen LogP contribution in [0, 0.1) is 4.91 Å². The van der Waals surface area contributed by atoms with Crippen molar-refractivity contribution in [3.05, 3.63) is 29.2 Å². The maximum Gasteiger partial charge on any atom is 0.323 e. The highest BCUT2D eigenvalue weighted by atomic mass is 16.5. The number of carbonyl (C=O) groups excluding carboxylic acids is 1. The highest BCUT2D eigenvalue weighted by Crippen LogP contribution is 2.19. The molecule has 1 aliphatic heterocycles. The van der Waals surface area contributed by atoms with Crippen molar-refractivity contribution in [3.63, 3.8) is 0 Å². The summed E-state index contributed by atoms with van der Waals surface area (Å²) in [5, 5.41) is 5.56. The standard InChI is InChI=1S/C12H15N3O3.C2H6/c16-12(14-17)9-18-11-3-1-10(2-4-11)15-7-5-13-6-8-15;1-2/h1-4,13H,5-9H2;1-2H3. The summed E-state index contributed by atoms with van der Waals surface area (Å²) in [7, 11) is 0. The van der Waals surface area contributed by atoms with E-state index in [0.717, 1.165) is 31.9 Å². The number of nitrogens with one attached hydrogen (secondary N) is 1. The minimum atomic E-state index is -0.804. The van der Waals surface area contributed by atoms with Gasteiger partial charge in [0.1, 0.15) is 5.75 Å². The third-order valence-electron chi connectivity index (χ3n) is 2.78. The molecule has 2 rings (SSSR count). The molecule has 1 N–H and O–H groups in total. The van der Waals surface area contributed by atoms with Crippen molar-refractivity contribution in [1.82, 2.24) is 5.32 Å². The van der Waals surface area contributed by atoms with Crippen LogP contribution < -0.4 is 15.0 Å². The highest BCUT2D eigenvalue weighted by Gasteiger charge is 2.10. The number of hydrogen-bond donors (Lipinski definition) is 1. The van der Waals surface area contributed by atoms with Gasteiger partial charge in [0, 0.05) is 37.0 Å². The Morgan fingerprint density at radius 2 is 1.85 bits per heavy atom. The second kappa shape index (κ2) is 9.03. The van der Waals surface area contributed by atoms with Gasteiger partial charge < -0.3 is 15.0 Å². The van der Waals surface area contributed by atoms with Crippen LogP contribution in [0.1, 0.15) is 13.8 Å². The SMILES string of the molecule is CC.O=NC(=O)COc1ccc(N2CCNCC2)cc1. The quantitative estimate of drug-likeness (QED) is 0.851. The van der Waals surface area contributed by atoms with Crippen molar-refractivity contribution < 1.29 is 9.53 Å². The van der Waals surface area contributed by atoms with Gasteiger partial charge in [-0.1, -0.05) is 13.8 Å². The van der Waals surface area contributed by atoms with Gasteiger partial charge >= 0.3 is 5.91 Å². The Hall–Kier alpha value is -1.95. The fourth-order valence-corrected chi connectivity index (χ4v) is 1.85. The number of ether oxygens (including phenoxy) is 1. The molecule has 0 aromatic heterocycles. The molecule has 20 heavy (non-hydrogen) atoms. The van der Waals surface area contributed by atoms with E-state index in [2.05, 4.69) is 15.4 Å². The lowest BCUT2D eigenvalue weighted by molar-refractivity contribution is -0.119. The van der Waals surface area contributed by atoms with Gasteiger partial charge in [0.15, 0.2) is 6.61 Å². The molecule has 0 aliphatic carbocycles. The summed E-state index contributed by atoms with van der Waals surface area (Å²) in [5.41, 5.74) is 1.13. The van der Waals surface area contributed by atoms with Crippen molar-refractivity contribution in [1.29, 1.82) is 0 Å². The summed E-state index contributed by atoms with van der Waals surface area (Å²) in [6.45, 7) is 7.62. The van der Waals surface area contributed by atoms with Crippen molar-refractivity contribution in [2.45, 2.75) is 13.8 Å². The Morgan fingerprint density at radius 3 is 2.40 bits per heavy atom. The van der Waals surface area contributed by atoms with Crippen LogP contribution in [0.2, 0.25) is 0 Å². The lowest BCUT2D eigenvalue weighted by Gasteiger charge is -2.29. The lowest BCUT2D eigenvalue weighted by Crippen LogP contribution is -2.43. The summed E-state index contributed by atoms with van der Waals surface area (Å²) in [6.07, 6.45) is 0. The van der Waals surface area contributed by atoms with Gasteiger partial charge in [-0.2, -0.15) is 0 Å². The van der Waals surface area contributed by atoms with Gasteiger partial charge in [0.05, 0.1) is 0 Å². The summed E-state index contributed by atoms with van der Waals surface area (Å²) in [5.74, 6) is -0.243. The van der Waals surface area contributed by atoms with Crippen LogP contribution in [-0.4, -0.2) is 38.7 Å². The fourth-order valence-electron chi connectivity index (χ4n) is 1.85. The van der Waals surface area contributed by atoms with Crippen LogP contribution in [0.3, 0.4) is 0 Å². The van der Waals surface area contributed by atoms with E-state index < -0.39 is 5.91 Å². The Balaban J connectivity index is 0.000000956. The van der Waals surface area contributed by atoms with E-state index in [0.29, 0.717) is 5.75 Å². The second-order valence-corrected chi connectivity index (χ2v) is 4.00. The molecule has 1 heterocycles. The molecule has 1 aliphatic rings. The largest absolute Gasteiger partial charge is 0.484 e. The van der Waals surface area contributed by atoms with Crippen molar-refractivity contribution in [2.24, 2.45) is 5.18 Å². The zero-order chi connectivity index (χ0) is 14.8. The number of nitroso groups, excluding NO2 is 1. The van der Waals surface area contributed by atoms with E-state index in [4.69, 9.17) is 4.74 Å². The monoisotopic (exact) mass is 279 g/mol. The third-order valence-corrected chi connectivity index (χ3v) is 2.78. The number of carbonyl (C=O) groups is 1. The number of piperazine rings is 1. The van der Waals surface area contributed by atoms with E-state index in [1.165, 1.54) is 0 Å². The number of hydrogen-bond acceptors (Lipinski definition) is 5. The van der Waals surface area contributed by atoms with Gasteiger partial charge in [-0.25, -0.2) is 0 Å². The molecule has 0 spiro atoms. The first-order valence-electron chi connectivity index (χ1n) is 6.84. The minimum Gasteiger partial charge on any atom is -0.484 e. The van der Waals surface area contributed by atoms with Crippen LogP contribution in [0.5, 0.6) is 5.75 Å². The predicted molar refractivity (Wildman–Crippen MR) is 79.2 cm³/mol. The van der Waals surface area contributed by atoms with Gasteiger partial charge in [0.2, 0.25) is 0 Å². The first-order chi connectivity index (χ1) is 9.79. The Bertz CT molecular complexity index is 414. The van der Waals surface area contributed by atoms with E-state index in [1.54, 1.807) is 12.1 Å². The number of amides is 1. The molecule has 1 amide bonds. The Kier molecular flexibility index (Phi) is 7.27. The topological polar surface area (TPSA) is 71.0 Å². The maximum atomic E-state index is 10.7. The summed E-state index contributed by atoms with van der Waals surface area (Å²) >= 11 is 0. The maximum absolute atomic E-state index is 10.7. The fraction of sp³-hybridized carbons (Fsp3) is 0.500. The molecule has 1 aromatic rings. The Morgan fingerprint density at radius 1 is 1.25 bits per heavy atom. The molecule has 0 unspecified atom stereocenters. The normalized spacial score (nSPS) is 14.0. The summed E-state index contributed by atoms with van der Waals surface area (Å²) in [6, 6.07) is 7.46. The number of nitrogens with zero attached hydrogens (tertiary/aromatic N) is 2. The van der Waals surface area contributed by atoms with Gasteiger partial charge in [-0.15, -0.1) is 4.91 Å². The van der Waals surface area contributed by atoms with Crippen LogP contribution in [0.15, 0.2) is 29.4 Å². The first-order valence-corrected chi connectivity index (χ1v) is 6.84. The van der Waals surface area contributed by atoms with Crippen LogP contribution in [-0.2, 0) is 4.79 Å². The van der Waals surface area contributed by atoms with Crippen LogP contribution in [0.4, 0.5) is 5.69 Å². The molecular formula is C14H21N3O3. The van der Waals surface area contributed by atoms with Crippen molar-refractivity contribution >= 4 is 11.6 Å². The van der Waals surface area contributed by atoms with Crippen LogP contribution >= 0.6 is 0 Å². The van der Waals surface area contributed by atoms with Gasteiger partial charge in [0.25, 0.3) is 0 Å². The van der Waals surface area contributed by atoms with E-state index >= 15 is 0 Å². The van der Waals surface area contributed by atoms with Crippen molar-refractivity contribution in [2.75, 3.05) is 37.7 Å². The highest BCUT2D eigenvalue weighted by molar-refractivity contribution is 5.78. The molecule has 1 fully saturated rings. The molecule has 0 radical (unpaired) electrons.